The Bertz CT molecular complexity index is 628. The van der Waals surface area contributed by atoms with Crippen molar-refractivity contribution >= 4 is 29.2 Å². The second-order valence-electron chi connectivity index (χ2n) is 3.27. The van der Waals surface area contributed by atoms with Crippen molar-refractivity contribution in [3.8, 4) is 5.95 Å². The Labute approximate surface area is 112 Å². The highest BCUT2D eigenvalue weighted by atomic mass is 35.5. The summed E-state index contributed by atoms with van der Waals surface area (Å²) in [5.74, 6) is -1.01. The van der Waals surface area contributed by atoms with Gasteiger partial charge in [-0.1, -0.05) is 29.3 Å². The molecule has 0 fully saturated rings. The standard InChI is InChI=1S/C12H6Cl2O4/c13-8-2-1-3-9(14)11(8)12(16)18-10-6-7(15)4-5-17-10/h1-6H. The van der Waals surface area contributed by atoms with E-state index >= 15 is 0 Å². The SMILES string of the molecule is O=C(Oc1cc(=O)cco1)c1c(Cl)cccc1Cl. The van der Waals surface area contributed by atoms with Gasteiger partial charge in [0.05, 0.1) is 27.9 Å². The van der Waals surface area contributed by atoms with Crippen molar-refractivity contribution in [2.75, 3.05) is 0 Å². The van der Waals surface area contributed by atoms with Crippen molar-refractivity contribution in [3.63, 3.8) is 0 Å². The summed E-state index contributed by atoms with van der Waals surface area (Å²) >= 11 is 11.7. The molecule has 0 saturated heterocycles. The van der Waals surface area contributed by atoms with Gasteiger partial charge in [0.25, 0.3) is 5.95 Å². The Hall–Kier alpha value is -1.78. The maximum absolute atomic E-state index is 11.8. The molecule has 0 saturated carbocycles. The van der Waals surface area contributed by atoms with Crippen molar-refractivity contribution in [3.05, 3.63) is 62.4 Å². The highest BCUT2D eigenvalue weighted by Crippen LogP contribution is 2.25. The summed E-state index contributed by atoms with van der Waals surface area (Å²) in [4.78, 5) is 22.9. The Balaban J connectivity index is 2.30. The minimum atomic E-state index is -0.792. The minimum Gasteiger partial charge on any atom is -0.434 e. The van der Waals surface area contributed by atoms with E-state index in [9.17, 15) is 9.59 Å². The Morgan fingerprint density at radius 1 is 1.17 bits per heavy atom. The molecule has 92 valence electrons. The van der Waals surface area contributed by atoms with Gasteiger partial charge in [0.1, 0.15) is 0 Å². The summed E-state index contributed by atoms with van der Waals surface area (Å²) in [6.45, 7) is 0. The summed E-state index contributed by atoms with van der Waals surface area (Å²) in [5, 5.41) is 0.316. The van der Waals surface area contributed by atoms with Crippen LogP contribution in [0.2, 0.25) is 10.0 Å². The zero-order valence-corrected chi connectivity index (χ0v) is 10.4. The third-order valence-corrected chi connectivity index (χ3v) is 2.67. The lowest BCUT2D eigenvalue weighted by atomic mass is 10.2. The normalized spacial score (nSPS) is 10.1. The molecule has 1 aromatic heterocycles. The average Bonchev–Trinajstić information content (AvgIpc) is 2.28. The van der Waals surface area contributed by atoms with E-state index in [-0.39, 0.29) is 27.0 Å². The van der Waals surface area contributed by atoms with E-state index in [1.807, 2.05) is 0 Å². The smallest absolute Gasteiger partial charge is 0.348 e. The maximum Gasteiger partial charge on any atom is 0.348 e. The summed E-state index contributed by atoms with van der Waals surface area (Å²) < 4.78 is 9.72. The largest absolute Gasteiger partial charge is 0.434 e. The van der Waals surface area contributed by atoms with Crippen molar-refractivity contribution in [2.45, 2.75) is 0 Å². The van der Waals surface area contributed by atoms with Crippen molar-refractivity contribution in [1.29, 1.82) is 0 Å². The Morgan fingerprint density at radius 2 is 1.83 bits per heavy atom. The fourth-order valence-corrected chi connectivity index (χ4v) is 1.81. The Morgan fingerprint density at radius 3 is 2.44 bits per heavy atom. The van der Waals surface area contributed by atoms with Crippen LogP contribution in [0.4, 0.5) is 0 Å². The highest BCUT2D eigenvalue weighted by Gasteiger charge is 2.17. The van der Waals surface area contributed by atoms with Gasteiger partial charge in [0, 0.05) is 6.07 Å². The predicted molar refractivity (Wildman–Crippen MR) is 66.4 cm³/mol. The molecule has 0 radical (unpaired) electrons. The van der Waals surface area contributed by atoms with Crippen LogP contribution < -0.4 is 10.2 Å². The second kappa shape index (κ2) is 5.25. The zero-order valence-electron chi connectivity index (χ0n) is 8.85. The van der Waals surface area contributed by atoms with E-state index in [1.165, 1.54) is 18.2 Å². The molecule has 0 N–H and O–H groups in total. The van der Waals surface area contributed by atoms with Crippen molar-refractivity contribution in [1.82, 2.24) is 0 Å². The molecule has 1 aromatic carbocycles. The predicted octanol–water partition coefficient (Wildman–Crippen LogP) is 3.17. The molecule has 0 amide bonds. The third kappa shape index (κ3) is 2.72. The number of carbonyl (C=O) groups is 1. The molecule has 0 unspecified atom stereocenters. The fourth-order valence-electron chi connectivity index (χ4n) is 1.26. The quantitative estimate of drug-likeness (QED) is 0.795. The van der Waals surface area contributed by atoms with Crippen LogP contribution in [0.1, 0.15) is 10.4 Å². The molecule has 0 aliphatic rings. The van der Waals surface area contributed by atoms with E-state index in [0.717, 1.165) is 12.3 Å². The van der Waals surface area contributed by atoms with Gasteiger partial charge in [-0.2, -0.15) is 0 Å². The van der Waals surface area contributed by atoms with E-state index in [1.54, 1.807) is 6.07 Å². The average molecular weight is 285 g/mol. The molecule has 0 spiro atoms. The number of ether oxygens (including phenoxy) is 1. The fraction of sp³-hybridized carbons (Fsp3) is 0. The van der Waals surface area contributed by atoms with Crippen LogP contribution >= 0.6 is 23.2 Å². The Kier molecular flexibility index (Phi) is 3.69. The lowest BCUT2D eigenvalue weighted by Crippen LogP contribution is -2.11. The summed E-state index contributed by atoms with van der Waals surface area (Å²) in [6, 6.07) is 6.85. The monoisotopic (exact) mass is 284 g/mol. The van der Waals surface area contributed by atoms with Gasteiger partial charge in [-0.15, -0.1) is 0 Å². The van der Waals surface area contributed by atoms with Gasteiger partial charge < -0.3 is 9.15 Å². The molecule has 1 heterocycles. The number of hydrogen-bond donors (Lipinski definition) is 0. The van der Waals surface area contributed by atoms with E-state index in [0.29, 0.717) is 0 Å². The third-order valence-electron chi connectivity index (χ3n) is 2.04. The molecule has 0 aliphatic carbocycles. The number of benzene rings is 1. The molecule has 2 rings (SSSR count). The molecular weight excluding hydrogens is 279 g/mol. The van der Waals surface area contributed by atoms with Gasteiger partial charge in [0.15, 0.2) is 5.43 Å². The van der Waals surface area contributed by atoms with Crippen LogP contribution in [-0.2, 0) is 0 Å². The topological polar surface area (TPSA) is 56.5 Å². The van der Waals surface area contributed by atoms with Crippen LogP contribution in [0.3, 0.4) is 0 Å². The molecule has 0 aliphatic heterocycles. The van der Waals surface area contributed by atoms with Crippen LogP contribution in [0.15, 0.2) is 45.8 Å². The molecule has 18 heavy (non-hydrogen) atoms. The maximum atomic E-state index is 11.8. The zero-order chi connectivity index (χ0) is 13.1. The molecule has 4 nitrogen and oxygen atoms in total. The first kappa shape index (κ1) is 12.7. The van der Waals surface area contributed by atoms with Crippen LogP contribution in [0, 0.1) is 0 Å². The first-order valence-corrected chi connectivity index (χ1v) is 5.58. The van der Waals surface area contributed by atoms with E-state index in [2.05, 4.69) is 0 Å². The van der Waals surface area contributed by atoms with Crippen molar-refractivity contribution < 1.29 is 13.9 Å². The van der Waals surface area contributed by atoms with E-state index < -0.39 is 5.97 Å². The van der Waals surface area contributed by atoms with Crippen LogP contribution in [0.25, 0.3) is 0 Å². The lowest BCUT2D eigenvalue weighted by molar-refractivity contribution is 0.0690. The van der Waals surface area contributed by atoms with Gasteiger partial charge in [-0.05, 0) is 12.1 Å². The van der Waals surface area contributed by atoms with Crippen LogP contribution in [0.5, 0.6) is 5.95 Å². The number of carbonyl (C=O) groups excluding carboxylic acids is 1. The van der Waals surface area contributed by atoms with Gasteiger partial charge in [0.2, 0.25) is 0 Å². The van der Waals surface area contributed by atoms with E-state index in [4.69, 9.17) is 32.4 Å². The molecule has 0 bridgehead atoms. The van der Waals surface area contributed by atoms with Crippen LogP contribution in [-0.4, -0.2) is 5.97 Å². The van der Waals surface area contributed by atoms with Gasteiger partial charge in [-0.25, -0.2) is 4.79 Å². The highest BCUT2D eigenvalue weighted by molar-refractivity contribution is 6.39. The summed E-state index contributed by atoms with van der Waals surface area (Å²) in [5.41, 5.74) is -0.318. The van der Waals surface area contributed by atoms with Gasteiger partial charge in [-0.3, -0.25) is 4.79 Å². The first-order valence-electron chi connectivity index (χ1n) is 4.83. The first-order chi connectivity index (χ1) is 8.58. The minimum absolute atomic E-state index is 0.0207. The van der Waals surface area contributed by atoms with Crippen molar-refractivity contribution in [2.24, 2.45) is 0 Å². The lowest BCUT2D eigenvalue weighted by Gasteiger charge is -2.05. The molecule has 0 atom stereocenters. The molecular formula is C12H6Cl2O4. The molecule has 2 aromatic rings. The van der Waals surface area contributed by atoms with Gasteiger partial charge >= 0.3 is 5.97 Å². The summed E-state index contributed by atoms with van der Waals surface area (Å²) in [6.07, 6.45) is 1.12. The number of hydrogen-bond acceptors (Lipinski definition) is 4. The number of rotatable bonds is 2. The number of halogens is 2. The summed E-state index contributed by atoms with van der Waals surface area (Å²) in [7, 11) is 0. The second-order valence-corrected chi connectivity index (χ2v) is 4.09. The molecule has 6 heteroatoms. The number of esters is 1.